The summed E-state index contributed by atoms with van der Waals surface area (Å²) in [6.45, 7) is 5.64. The highest BCUT2D eigenvalue weighted by atomic mass is 32.2. The molecule has 5 heteroatoms. The summed E-state index contributed by atoms with van der Waals surface area (Å²) in [6.07, 6.45) is 1.52. The van der Waals surface area contributed by atoms with E-state index < -0.39 is 10.0 Å². The van der Waals surface area contributed by atoms with Crippen LogP contribution in [0.5, 0.6) is 0 Å². The van der Waals surface area contributed by atoms with Crippen LogP contribution in [0, 0.1) is 0 Å². The van der Waals surface area contributed by atoms with E-state index in [2.05, 4.69) is 10.0 Å². The van der Waals surface area contributed by atoms with E-state index in [-0.39, 0.29) is 5.75 Å². The summed E-state index contributed by atoms with van der Waals surface area (Å²) in [5.41, 5.74) is 1.78. The van der Waals surface area contributed by atoms with Crippen LogP contribution in [-0.4, -0.2) is 27.3 Å². The maximum absolute atomic E-state index is 11.8. The Bertz CT molecular complexity index is 458. The van der Waals surface area contributed by atoms with Gasteiger partial charge in [0.25, 0.3) is 0 Å². The molecule has 0 spiro atoms. The van der Waals surface area contributed by atoms with Gasteiger partial charge in [-0.05, 0) is 43.6 Å². The zero-order valence-corrected chi connectivity index (χ0v) is 11.9. The van der Waals surface area contributed by atoms with Crippen molar-refractivity contribution in [2.75, 3.05) is 23.6 Å². The second kappa shape index (κ2) is 7.38. The Labute approximate surface area is 110 Å². The molecule has 0 aromatic heterocycles. The van der Waals surface area contributed by atoms with Crippen LogP contribution in [-0.2, 0) is 16.4 Å². The lowest BCUT2D eigenvalue weighted by atomic mass is 10.1. The molecule has 0 bridgehead atoms. The summed E-state index contributed by atoms with van der Waals surface area (Å²) in [5, 5.41) is 3.11. The molecule has 0 saturated heterocycles. The normalized spacial score (nSPS) is 11.4. The zero-order valence-electron chi connectivity index (χ0n) is 11.1. The number of nitrogens with one attached hydrogen (secondary N) is 2. The third kappa shape index (κ3) is 5.51. The van der Waals surface area contributed by atoms with Crippen LogP contribution < -0.4 is 10.0 Å². The van der Waals surface area contributed by atoms with Crippen molar-refractivity contribution < 1.29 is 8.42 Å². The van der Waals surface area contributed by atoms with Crippen molar-refractivity contribution >= 4 is 15.7 Å². The molecule has 2 N–H and O–H groups in total. The molecule has 18 heavy (non-hydrogen) atoms. The van der Waals surface area contributed by atoms with Crippen molar-refractivity contribution in [1.29, 1.82) is 0 Å². The van der Waals surface area contributed by atoms with Crippen molar-refractivity contribution in [2.45, 2.75) is 26.7 Å². The van der Waals surface area contributed by atoms with Crippen LogP contribution in [0.4, 0.5) is 5.69 Å². The summed E-state index contributed by atoms with van der Waals surface area (Å²) >= 11 is 0. The largest absolute Gasteiger partial charge is 0.317 e. The maximum Gasteiger partial charge on any atom is 0.232 e. The number of anilines is 1. The van der Waals surface area contributed by atoms with Crippen molar-refractivity contribution in [2.24, 2.45) is 0 Å². The minimum absolute atomic E-state index is 0.149. The molecule has 0 amide bonds. The Kier molecular flexibility index (Phi) is 6.15. The van der Waals surface area contributed by atoms with Crippen molar-refractivity contribution in [1.82, 2.24) is 5.32 Å². The Morgan fingerprint density at radius 3 is 2.67 bits per heavy atom. The first-order valence-electron chi connectivity index (χ1n) is 6.37. The van der Waals surface area contributed by atoms with Gasteiger partial charge in [0.1, 0.15) is 0 Å². The standard InChI is InChI=1S/C13H22N2O2S/c1-3-12-7-5-8-13(11-12)15-18(16,17)10-6-9-14-4-2/h5,7-8,11,14-15H,3-4,6,9-10H2,1-2H3. The Hall–Kier alpha value is -1.07. The fourth-order valence-electron chi connectivity index (χ4n) is 1.65. The van der Waals surface area contributed by atoms with Crippen LogP contribution in [0.2, 0.25) is 0 Å². The highest BCUT2D eigenvalue weighted by Gasteiger charge is 2.09. The predicted octanol–water partition coefficient (Wildman–Crippen LogP) is 1.99. The first-order chi connectivity index (χ1) is 8.57. The molecular formula is C13H22N2O2S. The lowest BCUT2D eigenvalue weighted by molar-refractivity contribution is 0.595. The molecule has 1 rings (SSSR count). The number of hydrogen-bond donors (Lipinski definition) is 2. The number of aryl methyl sites for hydroxylation is 1. The molecule has 0 aliphatic carbocycles. The van der Waals surface area contributed by atoms with Crippen LogP contribution in [0.1, 0.15) is 25.8 Å². The van der Waals surface area contributed by atoms with Gasteiger partial charge in [-0.1, -0.05) is 26.0 Å². The second-order valence-corrected chi connectivity index (χ2v) is 6.02. The van der Waals surface area contributed by atoms with Crippen LogP contribution in [0.25, 0.3) is 0 Å². The topological polar surface area (TPSA) is 58.2 Å². The van der Waals surface area contributed by atoms with Gasteiger partial charge < -0.3 is 5.32 Å². The molecule has 0 aliphatic heterocycles. The number of hydrogen-bond acceptors (Lipinski definition) is 3. The molecule has 1 aromatic rings. The summed E-state index contributed by atoms with van der Waals surface area (Å²) in [7, 11) is -3.23. The first kappa shape index (κ1) is 15.0. The van der Waals surface area contributed by atoms with Gasteiger partial charge in [0.15, 0.2) is 0 Å². The Balaban J connectivity index is 2.53. The highest BCUT2D eigenvalue weighted by molar-refractivity contribution is 7.92. The smallest absolute Gasteiger partial charge is 0.232 e. The molecule has 0 atom stereocenters. The zero-order chi connectivity index (χ0) is 13.4. The van der Waals surface area contributed by atoms with Crippen molar-refractivity contribution in [3.63, 3.8) is 0 Å². The monoisotopic (exact) mass is 270 g/mol. The Morgan fingerprint density at radius 2 is 2.00 bits per heavy atom. The van der Waals surface area contributed by atoms with Crippen molar-refractivity contribution in [3.05, 3.63) is 29.8 Å². The van der Waals surface area contributed by atoms with Crippen LogP contribution >= 0.6 is 0 Å². The molecule has 1 aromatic carbocycles. The minimum Gasteiger partial charge on any atom is -0.317 e. The van der Waals surface area contributed by atoms with Crippen molar-refractivity contribution in [3.8, 4) is 0 Å². The van der Waals surface area contributed by atoms with E-state index in [0.717, 1.165) is 25.1 Å². The molecule has 0 saturated carbocycles. The number of rotatable bonds is 8. The molecule has 0 radical (unpaired) electrons. The molecule has 0 fully saturated rings. The van der Waals surface area contributed by atoms with Gasteiger partial charge >= 0.3 is 0 Å². The third-order valence-corrected chi connectivity index (χ3v) is 4.00. The molecule has 4 nitrogen and oxygen atoms in total. The average molecular weight is 270 g/mol. The van der Waals surface area contributed by atoms with E-state index in [1.807, 2.05) is 32.0 Å². The van der Waals surface area contributed by atoms with Gasteiger partial charge in [-0.25, -0.2) is 8.42 Å². The van der Waals surface area contributed by atoms with E-state index in [4.69, 9.17) is 0 Å². The SMILES string of the molecule is CCNCCCS(=O)(=O)Nc1cccc(CC)c1. The van der Waals surface area contributed by atoms with Gasteiger partial charge in [0.2, 0.25) is 10.0 Å². The number of benzene rings is 1. The summed E-state index contributed by atoms with van der Waals surface area (Å²) < 4.78 is 26.3. The molecule has 102 valence electrons. The first-order valence-corrected chi connectivity index (χ1v) is 8.02. The van der Waals surface area contributed by atoms with E-state index in [1.165, 1.54) is 0 Å². The Morgan fingerprint density at radius 1 is 1.22 bits per heavy atom. The van der Waals surface area contributed by atoms with Crippen LogP contribution in [0.15, 0.2) is 24.3 Å². The third-order valence-electron chi connectivity index (χ3n) is 2.63. The lowest BCUT2D eigenvalue weighted by Crippen LogP contribution is -2.21. The second-order valence-electron chi connectivity index (χ2n) is 4.18. The van der Waals surface area contributed by atoms with Gasteiger partial charge in [0.05, 0.1) is 5.75 Å². The average Bonchev–Trinajstić information content (AvgIpc) is 2.34. The quantitative estimate of drug-likeness (QED) is 0.710. The molecule has 0 unspecified atom stereocenters. The van der Waals surface area contributed by atoms with E-state index in [0.29, 0.717) is 12.1 Å². The summed E-state index contributed by atoms with van der Waals surface area (Å²) in [6, 6.07) is 7.52. The number of sulfonamides is 1. The highest BCUT2D eigenvalue weighted by Crippen LogP contribution is 2.13. The predicted molar refractivity (Wildman–Crippen MR) is 76.4 cm³/mol. The fourth-order valence-corrected chi connectivity index (χ4v) is 2.76. The fraction of sp³-hybridized carbons (Fsp3) is 0.538. The van der Waals surface area contributed by atoms with Gasteiger partial charge in [0, 0.05) is 5.69 Å². The van der Waals surface area contributed by atoms with E-state index >= 15 is 0 Å². The van der Waals surface area contributed by atoms with Crippen LogP contribution in [0.3, 0.4) is 0 Å². The maximum atomic E-state index is 11.8. The van der Waals surface area contributed by atoms with Gasteiger partial charge in [-0.3, -0.25) is 4.72 Å². The molecular weight excluding hydrogens is 248 g/mol. The summed E-state index contributed by atoms with van der Waals surface area (Å²) in [4.78, 5) is 0. The van der Waals surface area contributed by atoms with Gasteiger partial charge in [-0.15, -0.1) is 0 Å². The van der Waals surface area contributed by atoms with E-state index in [1.54, 1.807) is 6.07 Å². The summed E-state index contributed by atoms with van der Waals surface area (Å²) in [5.74, 6) is 0.149. The lowest BCUT2D eigenvalue weighted by Gasteiger charge is -2.09. The van der Waals surface area contributed by atoms with E-state index in [9.17, 15) is 8.42 Å². The minimum atomic E-state index is -3.23. The molecule has 0 aliphatic rings. The van der Waals surface area contributed by atoms with Gasteiger partial charge in [-0.2, -0.15) is 0 Å². The molecule has 0 heterocycles.